The Hall–Kier alpha value is -3.29. The Morgan fingerprint density at radius 3 is 2.07 bits per heavy atom. The first-order valence-corrected chi connectivity index (χ1v) is 9.15. The van der Waals surface area contributed by atoms with Gasteiger partial charge in [-0.3, -0.25) is 4.79 Å². The van der Waals surface area contributed by atoms with Gasteiger partial charge in [-0.05, 0) is 9.95 Å². The summed E-state index contributed by atoms with van der Waals surface area (Å²) in [6, 6.07) is 5.17. The molecule has 1 atom stereocenters. The summed E-state index contributed by atoms with van der Waals surface area (Å²) in [5.41, 5.74) is 4.95. The van der Waals surface area contributed by atoms with E-state index in [1.54, 1.807) is 0 Å². The molecule has 1 aromatic heterocycles. The van der Waals surface area contributed by atoms with Crippen molar-refractivity contribution >= 4 is 33.8 Å². The van der Waals surface area contributed by atoms with E-state index in [2.05, 4.69) is 15.3 Å². The Morgan fingerprint density at radius 1 is 1.11 bits per heavy atom. The molecule has 0 radical (unpaired) electrons. The number of hydrogen-bond donors (Lipinski definition) is 3. The van der Waals surface area contributed by atoms with Crippen molar-refractivity contribution in [2.75, 3.05) is 21.3 Å². The second-order valence-electron chi connectivity index (χ2n) is 5.31. The minimum absolute atomic E-state index is 0.119. The molecule has 28 heavy (non-hydrogen) atoms. The van der Waals surface area contributed by atoms with Crippen molar-refractivity contribution in [3.8, 4) is 11.8 Å². The van der Waals surface area contributed by atoms with Crippen molar-refractivity contribution in [1.29, 1.82) is 0 Å². The molecule has 0 aliphatic rings. The molecule has 1 aromatic carbocycles. The highest BCUT2D eigenvalue weighted by Gasteiger charge is 2.56. The molecule has 0 saturated carbocycles. The fraction of sp³-hybridized carbons (Fsp3) is 0.200. The number of urea groups is 1. The molecule has 1 heterocycles. The number of aromatic nitrogens is 2. The number of nitrogens with one attached hydrogen (secondary N) is 1. The summed E-state index contributed by atoms with van der Waals surface area (Å²) < 4.78 is 33.6. The van der Waals surface area contributed by atoms with Crippen molar-refractivity contribution in [2.24, 2.45) is 10.9 Å². The molecule has 0 aliphatic heterocycles. The third kappa shape index (κ3) is 3.33. The van der Waals surface area contributed by atoms with Gasteiger partial charge in [0, 0.05) is 13.1 Å². The van der Waals surface area contributed by atoms with Gasteiger partial charge in [-0.15, -0.1) is 9.97 Å². The fourth-order valence-electron chi connectivity index (χ4n) is 2.52. The van der Waals surface area contributed by atoms with E-state index in [-0.39, 0.29) is 23.0 Å². The molecule has 0 spiro atoms. The van der Waals surface area contributed by atoms with Crippen LogP contribution in [0.25, 0.3) is 0 Å². The van der Waals surface area contributed by atoms with E-state index >= 15 is 0 Å². The van der Waals surface area contributed by atoms with Gasteiger partial charge in [-0.2, -0.15) is 13.6 Å². The minimum atomic E-state index is -4.90. The summed E-state index contributed by atoms with van der Waals surface area (Å²) in [4.78, 5) is 32.7. The average Bonchev–Trinajstić information content (AvgIpc) is 2.66. The molecule has 13 heteroatoms. The third-order valence-electron chi connectivity index (χ3n) is 3.77. The topological polar surface area (TPSA) is 177 Å². The number of benzene rings is 1. The minimum Gasteiger partial charge on any atom is -0.481 e. The number of quaternary nitrogens is 1. The molecule has 5 N–H and O–H groups in total. The van der Waals surface area contributed by atoms with Gasteiger partial charge in [0.2, 0.25) is 11.8 Å². The lowest BCUT2D eigenvalue weighted by Crippen LogP contribution is -2.61. The lowest BCUT2D eigenvalue weighted by atomic mass is 10.1. The van der Waals surface area contributed by atoms with Gasteiger partial charge in [0.15, 0.2) is 5.69 Å². The Bertz CT molecular complexity index is 1010. The fourth-order valence-corrected chi connectivity index (χ4v) is 3.51. The maximum atomic E-state index is 12.7. The van der Waals surface area contributed by atoms with E-state index in [0.29, 0.717) is 0 Å². The van der Waals surface area contributed by atoms with E-state index in [1.165, 1.54) is 51.6 Å². The van der Waals surface area contributed by atoms with Crippen molar-refractivity contribution < 1.29 is 27.5 Å². The van der Waals surface area contributed by atoms with Crippen LogP contribution < -0.4 is 29.6 Å². The summed E-state index contributed by atoms with van der Waals surface area (Å²) in [6.07, 6.45) is 0. The number of carbonyl (C=O) groups is 2. The van der Waals surface area contributed by atoms with Crippen LogP contribution in [-0.2, 0) is 10.2 Å². The van der Waals surface area contributed by atoms with Crippen molar-refractivity contribution in [3.63, 3.8) is 0 Å². The maximum Gasteiger partial charge on any atom is 0.443 e. The molecule has 0 bridgehead atoms. The number of nitrogens with zero attached hydrogens (tertiary/aromatic N) is 3. The van der Waals surface area contributed by atoms with Crippen LogP contribution in [0.2, 0.25) is 0 Å². The van der Waals surface area contributed by atoms with Gasteiger partial charge in [0.05, 0.1) is 20.3 Å². The summed E-state index contributed by atoms with van der Waals surface area (Å²) in [5.74, 6) is -1.60. The number of ether oxygens (including phenoxy) is 2. The van der Waals surface area contributed by atoms with E-state index in [4.69, 9.17) is 20.3 Å². The van der Waals surface area contributed by atoms with Crippen molar-refractivity contribution in [3.05, 3.63) is 35.9 Å². The monoisotopic (exact) mass is 411 g/mol. The number of methoxy groups -OCH3 is 2. The van der Waals surface area contributed by atoms with Gasteiger partial charge >= 0.3 is 22.2 Å². The van der Waals surface area contributed by atoms with E-state index in [9.17, 15) is 18.0 Å². The van der Waals surface area contributed by atoms with E-state index in [0.717, 1.165) is 0 Å². The van der Waals surface area contributed by atoms with E-state index in [1.807, 2.05) is 0 Å². The van der Waals surface area contributed by atoms with Gasteiger partial charge in [-0.1, -0.05) is 12.1 Å². The van der Waals surface area contributed by atoms with Crippen LogP contribution in [0.5, 0.6) is 11.8 Å². The first-order valence-electron chi connectivity index (χ1n) is 7.64. The number of amides is 3. The van der Waals surface area contributed by atoms with Crippen LogP contribution in [0.15, 0.2) is 30.3 Å². The smallest absolute Gasteiger partial charge is 0.443 e. The van der Waals surface area contributed by atoms with Crippen molar-refractivity contribution in [2.45, 2.75) is 0 Å². The zero-order chi connectivity index (χ0) is 21.1. The SMILES string of the molecule is CNC(=O)c1ccccc1[N+](C(N)=O)(c1nc(OC)cc(OC)n1)S(N)(=O)=O. The van der Waals surface area contributed by atoms with Gasteiger partial charge < -0.3 is 20.5 Å². The second-order valence-corrected chi connectivity index (χ2v) is 6.89. The molecule has 1 unspecified atom stereocenters. The number of para-hydroxylation sites is 1. The highest BCUT2D eigenvalue weighted by molar-refractivity contribution is 7.89. The summed E-state index contributed by atoms with van der Waals surface area (Å²) in [7, 11) is -1.04. The Morgan fingerprint density at radius 2 is 1.64 bits per heavy atom. The predicted molar refractivity (Wildman–Crippen MR) is 99.1 cm³/mol. The Balaban J connectivity index is 3.06. The van der Waals surface area contributed by atoms with Gasteiger partial charge in [0.1, 0.15) is 5.56 Å². The zero-order valence-corrected chi connectivity index (χ0v) is 16.1. The van der Waals surface area contributed by atoms with Crippen LogP contribution in [0.4, 0.5) is 16.4 Å². The standard InChI is InChI=1S/C15H18N6O6S/c1-18-13(22)9-6-4-5-7-10(9)21(14(16)23,28(17,24)25)15-19-11(26-2)8-12(20-15)27-3/h4-8H,1-3H3,(H4-,16,17,18,22,23,24,25)/p+1. The molecule has 2 aromatic rings. The quantitative estimate of drug-likeness (QED) is 0.546. The first kappa shape index (κ1) is 21.0. The second kappa shape index (κ2) is 7.75. The Labute approximate surface area is 160 Å². The highest BCUT2D eigenvalue weighted by atomic mass is 32.2. The zero-order valence-electron chi connectivity index (χ0n) is 15.2. The Kier molecular flexibility index (Phi) is 5.82. The van der Waals surface area contributed by atoms with E-state index < -0.39 is 32.0 Å². The van der Waals surface area contributed by atoms with Gasteiger partial charge in [0.25, 0.3) is 5.91 Å². The molecular weight excluding hydrogens is 392 g/mol. The lowest BCUT2D eigenvalue weighted by Gasteiger charge is -2.28. The number of hydrogen-bond acceptors (Lipinski definition) is 8. The number of rotatable bonds is 6. The van der Waals surface area contributed by atoms with Crippen LogP contribution in [0.3, 0.4) is 0 Å². The molecular formula is C15H19N6O6S+. The number of nitrogens with two attached hydrogens (primary N) is 2. The molecule has 3 amide bonds. The number of carbonyl (C=O) groups excluding carboxylic acids is 2. The van der Waals surface area contributed by atoms with Crippen molar-refractivity contribution in [1.82, 2.24) is 19.2 Å². The van der Waals surface area contributed by atoms with Crippen LogP contribution in [0, 0.1) is 0 Å². The average molecular weight is 411 g/mol. The normalized spacial score (nSPS) is 13.3. The third-order valence-corrected chi connectivity index (χ3v) is 5.08. The molecule has 0 saturated heterocycles. The number of primary amides is 1. The molecule has 0 aliphatic carbocycles. The maximum absolute atomic E-state index is 12.7. The summed E-state index contributed by atoms with van der Waals surface area (Å²) in [6.45, 7) is 0. The summed E-state index contributed by atoms with van der Waals surface area (Å²) in [5, 5.41) is 7.78. The largest absolute Gasteiger partial charge is 0.481 e. The predicted octanol–water partition coefficient (Wildman–Crippen LogP) is -0.225. The lowest BCUT2D eigenvalue weighted by molar-refractivity contribution is 0.0963. The van der Waals surface area contributed by atoms with Crippen LogP contribution in [-0.4, -0.2) is 51.6 Å². The first-order chi connectivity index (χ1) is 13.1. The molecule has 150 valence electrons. The van der Waals surface area contributed by atoms with Crippen LogP contribution >= 0.6 is 0 Å². The van der Waals surface area contributed by atoms with Gasteiger partial charge in [-0.25, -0.2) is 4.79 Å². The molecule has 0 fully saturated rings. The highest BCUT2D eigenvalue weighted by Crippen LogP contribution is 2.39. The molecule has 2 rings (SSSR count). The summed E-state index contributed by atoms with van der Waals surface area (Å²) >= 11 is 0. The molecule has 12 nitrogen and oxygen atoms in total. The van der Waals surface area contributed by atoms with Crippen LogP contribution in [0.1, 0.15) is 10.4 Å².